The zero-order valence-corrected chi connectivity index (χ0v) is 20.5. The Balaban J connectivity index is 1.06. The van der Waals surface area contributed by atoms with Gasteiger partial charge in [0.15, 0.2) is 0 Å². The molecule has 5 aliphatic carbocycles. The van der Waals surface area contributed by atoms with E-state index >= 15 is 0 Å². The third-order valence-electron chi connectivity index (χ3n) is 9.17. The standard InChI is InChI=1S/C33H42/c1-24(32-22-21-30-9-6-10-33(30)23-32)11-12-26-13-15-27(16-14-26)25(2)28-17-19-31(20-18-28)29-7-4-3-5-8-29/h6,9-10,13,15-16,21-23,26,28-29,31,33H,1-5,7-8,11-12,14,17-20H2. The van der Waals surface area contributed by atoms with Crippen LogP contribution in [0.5, 0.6) is 0 Å². The molecule has 2 unspecified atom stereocenters. The van der Waals surface area contributed by atoms with Gasteiger partial charge < -0.3 is 0 Å². The number of allylic oxidation sites excluding steroid dienone is 14. The van der Waals surface area contributed by atoms with Gasteiger partial charge in [0.05, 0.1) is 0 Å². The highest BCUT2D eigenvalue weighted by molar-refractivity contribution is 5.51. The van der Waals surface area contributed by atoms with Gasteiger partial charge in [-0.2, -0.15) is 0 Å². The zero-order valence-electron chi connectivity index (χ0n) is 20.5. The van der Waals surface area contributed by atoms with Crippen molar-refractivity contribution in [1.82, 2.24) is 0 Å². The minimum absolute atomic E-state index is 0.463. The van der Waals surface area contributed by atoms with E-state index in [4.69, 9.17) is 0 Å². The molecule has 0 heterocycles. The second-order valence-corrected chi connectivity index (χ2v) is 11.2. The maximum atomic E-state index is 4.57. The van der Waals surface area contributed by atoms with Crippen LogP contribution >= 0.6 is 0 Å². The molecular formula is C33H42. The predicted octanol–water partition coefficient (Wildman–Crippen LogP) is 9.38. The third-order valence-corrected chi connectivity index (χ3v) is 9.17. The van der Waals surface area contributed by atoms with Crippen LogP contribution in [-0.4, -0.2) is 0 Å². The molecule has 0 spiro atoms. The normalized spacial score (nSPS) is 31.6. The second-order valence-electron chi connectivity index (χ2n) is 11.2. The summed E-state index contributed by atoms with van der Waals surface area (Å²) in [5.74, 6) is 3.85. The minimum Gasteiger partial charge on any atom is -0.0952 e. The van der Waals surface area contributed by atoms with Gasteiger partial charge in [0.25, 0.3) is 0 Å². The molecule has 0 saturated heterocycles. The van der Waals surface area contributed by atoms with Crippen LogP contribution in [0.2, 0.25) is 0 Å². The smallest absolute Gasteiger partial charge is 0.0210 e. The average Bonchev–Trinajstić information content (AvgIpc) is 3.36. The van der Waals surface area contributed by atoms with Crippen LogP contribution in [0.4, 0.5) is 0 Å². The summed E-state index contributed by atoms with van der Waals surface area (Å²) in [5.41, 5.74) is 6.87. The number of fused-ring (bicyclic) bond motifs is 1. The highest BCUT2D eigenvalue weighted by atomic mass is 14.3. The Morgan fingerprint density at radius 2 is 1.61 bits per heavy atom. The van der Waals surface area contributed by atoms with Gasteiger partial charge >= 0.3 is 0 Å². The molecule has 0 aromatic carbocycles. The van der Waals surface area contributed by atoms with Gasteiger partial charge in [0.1, 0.15) is 0 Å². The molecule has 2 atom stereocenters. The monoisotopic (exact) mass is 438 g/mol. The molecule has 5 aliphatic rings. The Bertz CT molecular complexity index is 929. The maximum Gasteiger partial charge on any atom is 0.0210 e. The van der Waals surface area contributed by atoms with Crippen molar-refractivity contribution in [3.8, 4) is 0 Å². The van der Waals surface area contributed by atoms with Crippen molar-refractivity contribution >= 4 is 0 Å². The van der Waals surface area contributed by atoms with Gasteiger partial charge in [-0.1, -0.05) is 99.9 Å². The highest BCUT2D eigenvalue weighted by Gasteiger charge is 2.30. The molecule has 33 heavy (non-hydrogen) atoms. The lowest BCUT2D eigenvalue weighted by atomic mass is 9.69. The summed E-state index contributed by atoms with van der Waals surface area (Å²) in [7, 11) is 0. The SMILES string of the molecule is C=C(CCC1C=CC(C(=C)C2CCC(C3CCCCC3)CC2)=CC1)C1=CC2C=CC=C2C=C1. The second kappa shape index (κ2) is 10.5. The summed E-state index contributed by atoms with van der Waals surface area (Å²) in [4.78, 5) is 0. The summed E-state index contributed by atoms with van der Waals surface area (Å²) in [6, 6.07) is 0. The Labute approximate surface area is 202 Å². The summed E-state index contributed by atoms with van der Waals surface area (Å²) >= 11 is 0. The Morgan fingerprint density at radius 1 is 0.818 bits per heavy atom. The molecule has 0 amide bonds. The van der Waals surface area contributed by atoms with E-state index in [0.29, 0.717) is 17.8 Å². The highest BCUT2D eigenvalue weighted by Crippen LogP contribution is 2.43. The molecule has 0 aliphatic heterocycles. The van der Waals surface area contributed by atoms with Gasteiger partial charge in [0.2, 0.25) is 0 Å². The van der Waals surface area contributed by atoms with E-state index in [9.17, 15) is 0 Å². The predicted molar refractivity (Wildman–Crippen MR) is 143 cm³/mol. The van der Waals surface area contributed by atoms with Crippen molar-refractivity contribution < 1.29 is 0 Å². The van der Waals surface area contributed by atoms with E-state index in [1.807, 2.05) is 0 Å². The molecular weight excluding hydrogens is 396 g/mol. The van der Waals surface area contributed by atoms with Crippen LogP contribution in [-0.2, 0) is 0 Å². The zero-order chi connectivity index (χ0) is 22.6. The third kappa shape index (κ3) is 5.37. The van der Waals surface area contributed by atoms with E-state index < -0.39 is 0 Å². The molecule has 174 valence electrons. The number of hydrogen-bond acceptors (Lipinski definition) is 0. The fourth-order valence-electron chi connectivity index (χ4n) is 6.90. The van der Waals surface area contributed by atoms with E-state index in [2.05, 4.69) is 67.8 Å². The van der Waals surface area contributed by atoms with Crippen LogP contribution in [0.15, 0.2) is 95.7 Å². The molecule has 0 radical (unpaired) electrons. The first-order valence-corrected chi connectivity index (χ1v) is 13.7. The van der Waals surface area contributed by atoms with E-state index in [-0.39, 0.29) is 0 Å². The first-order chi connectivity index (χ1) is 16.2. The number of hydrogen-bond donors (Lipinski definition) is 0. The fraction of sp³-hybridized carbons (Fsp3) is 0.515. The van der Waals surface area contributed by atoms with Gasteiger partial charge in [-0.25, -0.2) is 0 Å². The van der Waals surface area contributed by atoms with Gasteiger partial charge in [-0.3, -0.25) is 0 Å². The lowest BCUT2D eigenvalue weighted by molar-refractivity contribution is 0.178. The molecule has 2 saturated carbocycles. The topological polar surface area (TPSA) is 0 Å². The van der Waals surface area contributed by atoms with Crippen LogP contribution < -0.4 is 0 Å². The van der Waals surface area contributed by atoms with Gasteiger partial charge in [-0.05, 0) is 96.5 Å². The summed E-state index contributed by atoms with van der Waals surface area (Å²) in [6.07, 6.45) is 37.3. The summed E-state index contributed by atoms with van der Waals surface area (Å²) in [6.45, 7) is 8.97. The maximum absolute atomic E-state index is 4.57. The molecule has 0 aromatic heterocycles. The van der Waals surface area contributed by atoms with E-state index in [0.717, 1.165) is 24.7 Å². The van der Waals surface area contributed by atoms with Gasteiger partial charge in [0, 0.05) is 5.92 Å². The number of rotatable bonds is 7. The van der Waals surface area contributed by atoms with Crippen molar-refractivity contribution in [2.24, 2.45) is 29.6 Å². The van der Waals surface area contributed by atoms with Crippen molar-refractivity contribution in [2.45, 2.75) is 77.0 Å². The molecule has 0 heteroatoms. The summed E-state index contributed by atoms with van der Waals surface area (Å²) < 4.78 is 0. The lowest BCUT2D eigenvalue weighted by Gasteiger charge is -2.37. The Morgan fingerprint density at radius 3 is 2.36 bits per heavy atom. The summed E-state index contributed by atoms with van der Waals surface area (Å²) in [5, 5.41) is 0. The van der Waals surface area contributed by atoms with Crippen LogP contribution in [0.3, 0.4) is 0 Å². The van der Waals surface area contributed by atoms with E-state index in [1.54, 1.807) is 0 Å². The van der Waals surface area contributed by atoms with Crippen LogP contribution in [0, 0.1) is 29.6 Å². The Hall–Kier alpha value is -2.08. The quantitative estimate of drug-likeness (QED) is 0.371. The first kappa shape index (κ1) is 22.7. The van der Waals surface area contributed by atoms with Crippen LogP contribution in [0.1, 0.15) is 77.0 Å². The molecule has 2 fully saturated rings. The van der Waals surface area contributed by atoms with Crippen molar-refractivity contribution in [1.29, 1.82) is 0 Å². The molecule has 0 aromatic rings. The lowest BCUT2D eigenvalue weighted by Crippen LogP contribution is -2.24. The van der Waals surface area contributed by atoms with Crippen LogP contribution in [0.25, 0.3) is 0 Å². The molecule has 5 rings (SSSR count). The van der Waals surface area contributed by atoms with Gasteiger partial charge in [-0.15, -0.1) is 0 Å². The average molecular weight is 439 g/mol. The van der Waals surface area contributed by atoms with Crippen molar-refractivity contribution in [3.05, 3.63) is 95.7 Å². The minimum atomic E-state index is 0.463. The first-order valence-electron chi connectivity index (χ1n) is 13.7. The molecule has 0 N–H and O–H groups in total. The fourth-order valence-corrected chi connectivity index (χ4v) is 6.90. The van der Waals surface area contributed by atoms with Crippen molar-refractivity contribution in [2.75, 3.05) is 0 Å². The molecule has 0 bridgehead atoms. The van der Waals surface area contributed by atoms with Crippen molar-refractivity contribution in [3.63, 3.8) is 0 Å². The Kier molecular flexibility index (Phi) is 7.19. The van der Waals surface area contributed by atoms with E-state index in [1.165, 1.54) is 92.1 Å². The molecule has 0 nitrogen and oxygen atoms in total. The largest absolute Gasteiger partial charge is 0.0952 e.